The molecule has 24 nitrogen and oxygen atoms in total. The van der Waals surface area contributed by atoms with Gasteiger partial charge in [0.2, 0.25) is 11.8 Å². The third kappa shape index (κ3) is 10.8. The van der Waals surface area contributed by atoms with E-state index in [9.17, 15) is 57.9 Å². The number of nitrogens with zero attached hydrogens (tertiary/aromatic N) is 4. The van der Waals surface area contributed by atoms with Crippen molar-refractivity contribution in [2.24, 2.45) is 5.41 Å². The van der Waals surface area contributed by atoms with E-state index in [1.165, 1.54) is 20.8 Å². The van der Waals surface area contributed by atoms with E-state index in [2.05, 4.69) is 42.5 Å². The lowest BCUT2D eigenvalue weighted by molar-refractivity contribution is -0.151. The Hall–Kier alpha value is -2.44. The van der Waals surface area contributed by atoms with E-state index < -0.39 is 90.3 Å². The minimum atomic E-state index is -5.72. The molecule has 2 unspecified atom stereocenters. The third-order valence-electron chi connectivity index (χ3n) is 7.45. The van der Waals surface area contributed by atoms with Gasteiger partial charge < -0.3 is 50.9 Å². The number of carbonyl (C=O) groups is 3. The molecule has 294 valence electrons. The van der Waals surface area contributed by atoms with Crippen LogP contribution in [0.25, 0.3) is 11.2 Å². The van der Waals surface area contributed by atoms with Gasteiger partial charge in [0, 0.05) is 37.1 Å². The molecule has 10 N–H and O–H groups in total. The van der Waals surface area contributed by atoms with Crippen molar-refractivity contribution in [1.29, 1.82) is 0 Å². The molecule has 0 aromatic carbocycles. The number of nitrogen functional groups attached to an aromatic ring is 1. The number of anilines is 1. The number of ether oxygens (including phenoxy) is 1. The summed E-state index contributed by atoms with van der Waals surface area (Å²) in [6, 6.07) is 0. The number of amides is 2. The van der Waals surface area contributed by atoms with Gasteiger partial charge in [-0.2, -0.15) is 16.9 Å². The van der Waals surface area contributed by atoms with Gasteiger partial charge in [0.15, 0.2) is 29.1 Å². The molecule has 2 aromatic rings. The number of hydrogen-bond acceptors (Lipinski definition) is 18. The largest absolute Gasteiger partial charge is 0.481 e. The highest BCUT2D eigenvalue weighted by Crippen LogP contribution is 2.61. The minimum absolute atomic E-state index is 0.00848. The van der Waals surface area contributed by atoms with Gasteiger partial charge in [-0.05, 0) is 0 Å². The number of ketones is 1. The number of Topliss-reactive ketones (excluding diaryl/α,β-unsaturated/α-hetero) is 1. The van der Waals surface area contributed by atoms with Gasteiger partial charge in [-0.3, -0.25) is 32.5 Å². The second-order valence-electron chi connectivity index (χ2n) is 11.8. The van der Waals surface area contributed by atoms with Crippen molar-refractivity contribution in [2.75, 3.05) is 37.8 Å². The molecule has 0 spiro atoms. The van der Waals surface area contributed by atoms with E-state index in [0.717, 1.165) is 17.2 Å². The van der Waals surface area contributed by atoms with Gasteiger partial charge >= 0.3 is 23.5 Å². The number of nitrogens with one attached hydrogen (secondary N) is 2. The topological polar surface area (TPSA) is 364 Å². The standard InChI is InChI=1S/C24H40N7O17P3S/c1-4-13(32)24(47-49(37,38)39)14(46-22(18(24)35)31-12-30-16-19(25)28-11-29-20(16)31)9-44-50(40,41)48-51(42,43)45-10-23(2,3)17(34)21(36)27-6-5-15(33)26-7-8-52/h11-12,14,17-18,22,34-35,52H,4-10H2,1-3H3,(H,26,33)(H,27,36)(H,40,41)(H,42,43)(H2,25,28,29)(H2,37,38,39)/t14-,17+,18+,22-,24-/m1/s1. The van der Waals surface area contributed by atoms with Crippen molar-refractivity contribution in [3.8, 4) is 0 Å². The normalized spacial score (nSPS) is 23.8. The summed E-state index contributed by atoms with van der Waals surface area (Å²) in [5, 5.41) is 26.7. The Kier molecular flexibility index (Phi) is 14.7. The average Bonchev–Trinajstić information content (AvgIpc) is 3.59. The van der Waals surface area contributed by atoms with E-state index in [1.54, 1.807) is 0 Å². The van der Waals surface area contributed by atoms with Gasteiger partial charge in [0.1, 0.15) is 30.2 Å². The van der Waals surface area contributed by atoms with Crippen LogP contribution in [0.2, 0.25) is 0 Å². The molecule has 0 bridgehead atoms. The predicted octanol–water partition coefficient (Wildman–Crippen LogP) is -1.32. The highest BCUT2D eigenvalue weighted by atomic mass is 32.1. The lowest BCUT2D eigenvalue weighted by Gasteiger charge is -2.34. The van der Waals surface area contributed by atoms with Crippen molar-refractivity contribution in [1.82, 2.24) is 30.2 Å². The van der Waals surface area contributed by atoms with Crippen molar-refractivity contribution in [2.45, 2.75) is 63.8 Å². The molecular weight excluding hydrogens is 783 g/mol. The van der Waals surface area contributed by atoms with Crippen LogP contribution in [-0.4, -0.2) is 123 Å². The number of phosphoric acid groups is 3. The van der Waals surface area contributed by atoms with Gasteiger partial charge in [-0.25, -0.2) is 28.6 Å². The van der Waals surface area contributed by atoms with Crippen LogP contribution < -0.4 is 16.4 Å². The molecule has 52 heavy (non-hydrogen) atoms. The monoisotopic (exact) mass is 823 g/mol. The molecule has 1 aliphatic heterocycles. The number of thiol groups is 1. The lowest BCUT2D eigenvalue weighted by Crippen LogP contribution is -2.57. The number of aliphatic hydroxyl groups excluding tert-OH is 2. The molecule has 0 saturated carbocycles. The number of imidazole rings is 1. The molecule has 7 atom stereocenters. The maximum absolute atomic E-state index is 13.3. The van der Waals surface area contributed by atoms with Crippen LogP contribution in [0.1, 0.15) is 39.8 Å². The summed E-state index contributed by atoms with van der Waals surface area (Å²) in [4.78, 5) is 89.0. The van der Waals surface area contributed by atoms with Crippen LogP contribution in [-0.2, 0) is 50.7 Å². The SMILES string of the molecule is CCC(=O)[C@@]1(OP(=O)(O)O)[C@@H](COP(=O)(O)OP(=O)(O)OCC(C)(C)[C@@H](O)C(=O)NCCC(=O)NCCS)O[C@@H](n2cnc3c(N)ncnc32)[C@@H]1O. The van der Waals surface area contributed by atoms with Gasteiger partial charge in [-0.1, -0.05) is 20.8 Å². The Morgan fingerprint density at radius 2 is 1.75 bits per heavy atom. The van der Waals surface area contributed by atoms with E-state index in [4.69, 9.17) is 24.0 Å². The molecule has 1 saturated heterocycles. The highest BCUT2D eigenvalue weighted by Gasteiger charge is 2.65. The Labute approximate surface area is 300 Å². The van der Waals surface area contributed by atoms with Crippen LogP contribution in [0.15, 0.2) is 12.7 Å². The number of fused-ring (bicyclic) bond motifs is 1. The van der Waals surface area contributed by atoms with Crippen molar-refractivity contribution < 1.29 is 80.5 Å². The molecule has 28 heteroatoms. The van der Waals surface area contributed by atoms with Gasteiger partial charge in [-0.15, -0.1) is 0 Å². The lowest BCUT2D eigenvalue weighted by atomic mass is 9.86. The van der Waals surface area contributed by atoms with Crippen LogP contribution >= 0.6 is 36.1 Å². The molecule has 3 heterocycles. The van der Waals surface area contributed by atoms with E-state index in [-0.39, 0.29) is 35.9 Å². The number of carbonyl (C=O) groups excluding carboxylic acids is 3. The molecule has 3 rings (SSSR count). The third-order valence-corrected chi connectivity index (χ3v) is 10.8. The van der Waals surface area contributed by atoms with Crippen LogP contribution in [0, 0.1) is 5.41 Å². The van der Waals surface area contributed by atoms with Crippen LogP contribution in [0.5, 0.6) is 0 Å². The Morgan fingerprint density at radius 3 is 2.37 bits per heavy atom. The first-order valence-electron chi connectivity index (χ1n) is 15.1. The van der Waals surface area contributed by atoms with Crippen molar-refractivity contribution >= 4 is 70.7 Å². The van der Waals surface area contributed by atoms with E-state index in [1.807, 2.05) is 0 Å². The zero-order chi connectivity index (χ0) is 39.3. The summed E-state index contributed by atoms with van der Waals surface area (Å²) < 4.78 is 62.9. The summed E-state index contributed by atoms with van der Waals surface area (Å²) >= 11 is 3.95. The van der Waals surface area contributed by atoms with Crippen molar-refractivity contribution in [3.63, 3.8) is 0 Å². The fourth-order valence-corrected chi connectivity index (χ4v) is 7.94. The van der Waals surface area contributed by atoms with Gasteiger partial charge in [0.05, 0.1) is 19.5 Å². The second-order valence-corrected chi connectivity index (χ2v) is 16.4. The molecule has 0 radical (unpaired) electrons. The van der Waals surface area contributed by atoms with Crippen LogP contribution in [0.4, 0.5) is 5.82 Å². The zero-order valence-corrected chi connectivity index (χ0v) is 31.3. The summed E-state index contributed by atoms with van der Waals surface area (Å²) in [6.07, 6.45) is -6.63. The molecular formula is C24H40N7O17P3S. The first kappa shape index (κ1) is 44.0. The quantitative estimate of drug-likeness (QED) is 0.0547. The van der Waals surface area contributed by atoms with E-state index in [0.29, 0.717) is 12.3 Å². The number of rotatable bonds is 20. The smallest absolute Gasteiger partial charge is 0.385 e. The van der Waals surface area contributed by atoms with Crippen molar-refractivity contribution in [3.05, 3.63) is 12.7 Å². The fourth-order valence-electron chi connectivity index (χ4n) is 4.87. The Morgan fingerprint density at radius 1 is 1.10 bits per heavy atom. The summed E-state index contributed by atoms with van der Waals surface area (Å²) in [7, 11) is -16.9. The maximum atomic E-state index is 13.3. The van der Waals surface area contributed by atoms with Gasteiger partial charge in [0.25, 0.3) is 0 Å². The first-order chi connectivity index (χ1) is 24.0. The number of nitrogens with two attached hydrogens (primary N) is 1. The molecule has 0 aliphatic carbocycles. The molecule has 2 aromatic heterocycles. The maximum Gasteiger partial charge on any atom is 0.481 e. The molecule has 1 fully saturated rings. The highest BCUT2D eigenvalue weighted by molar-refractivity contribution is 7.80. The number of phosphoric ester groups is 3. The first-order valence-corrected chi connectivity index (χ1v) is 20.2. The fraction of sp³-hybridized carbons (Fsp3) is 0.667. The Balaban J connectivity index is 1.74. The average molecular weight is 824 g/mol. The zero-order valence-electron chi connectivity index (χ0n) is 27.7. The summed E-state index contributed by atoms with van der Waals surface area (Å²) in [5.41, 5.74) is 1.12. The molecule has 2 amide bonds. The number of hydrogen-bond donors (Lipinski definition) is 10. The Bertz CT molecular complexity index is 1760. The predicted molar refractivity (Wildman–Crippen MR) is 178 cm³/mol. The minimum Gasteiger partial charge on any atom is -0.385 e. The second kappa shape index (κ2) is 17.4. The molecule has 1 aliphatic rings. The number of aromatic nitrogens is 4. The van der Waals surface area contributed by atoms with Crippen LogP contribution in [0.3, 0.4) is 0 Å². The summed E-state index contributed by atoms with van der Waals surface area (Å²) in [5.74, 6) is -2.23. The summed E-state index contributed by atoms with van der Waals surface area (Å²) in [6.45, 7) is 1.60. The van der Waals surface area contributed by atoms with E-state index >= 15 is 0 Å². The number of aliphatic hydroxyl groups is 2.